The van der Waals surface area contributed by atoms with Crippen molar-refractivity contribution in [3.8, 4) is 0 Å². The van der Waals surface area contributed by atoms with E-state index in [0.29, 0.717) is 5.78 Å². The Hall–Kier alpha value is -2.43. The van der Waals surface area contributed by atoms with E-state index < -0.39 is 0 Å². The Morgan fingerprint density at radius 1 is 1.04 bits per heavy atom. The summed E-state index contributed by atoms with van der Waals surface area (Å²) in [5.41, 5.74) is 6.05. The number of hydrogen-bond acceptors (Lipinski definition) is 4. The number of fused-ring (bicyclic) bond motifs is 2. The number of nitrogens with zero attached hydrogens (tertiary/aromatic N) is 4. The van der Waals surface area contributed by atoms with E-state index in [1.807, 2.05) is 11.4 Å². The molecule has 0 fully saturated rings. The molecule has 5 nitrogen and oxygen atoms in total. The maximum atomic E-state index is 4.73. The van der Waals surface area contributed by atoms with E-state index >= 15 is 0 Å². The predicted molar refractivity (Wildman–Crippen MR) is 91.4 cm³/mol. The molecule has 3 aromatic rings. The first kappa shape index (κ1) is 14.2. The monoisotopic (exact) mass is 307 g/mol. The second kappa shape index (κ2) is 5.33. The lowest BCUT2D eigenvalue weighted by Gasteiger charge is -2.20. The summed E-state index contributed by atoms with van der Waals surface area (Å²) in [6.45, 7) is 6.15. The molecule has 118 valence electrons. The molecule has 5 heteroatoms. The van der Waals surface area contributed by atoms with Crippen molar-refractivity contribution in [1.82, 2.24) is 19.6 Å². The second-order valence-corrected chi connectivity index (χ2v) is 6.41. The molecule has 0 aliphatic heterocycles. The quantitative estimate of drug-likeness (QED) is 0.785. The van der Waals surface area contributed by atoms with Crippen LogP contribution in [0.5, 0.6) is 0 Å². The van der Waals surface area contributed by atoms with E-state index in [1.165, 1.54) is 35.2 Å². The van der Waals surface area contributed by atoms with Crippen molar-refractivity contribution in [3.63, 3.8) is 0 Å². The molecule has 1 aliphatic rings. The molecular weight excluding hydrogens is 286 g/mol. The van der Waals surface area contributed by atoms with Crippen LogP contribution in [0.3, 0.4) is 0 Å². The van der Waals surface area contributed by atoms with E-state index in [-0.39, 0.29) is 0 Å². The number of hydrogen-bond donors (Lipinski definition) is 1. The summed E-state index contributed by atoms with van der Waals surface area (Å²) in [5.74, 6) is 2.47. The summed E-state index contributed by atoms with van der Waals surface area (Å²) < 4.78 is 1.86. The van der Waals surface area contributed by atoms with Crippen LogP contribution in [0.25, 0.3) is 5.78 Å². The number of rotatable bonds is 2. The van der Waals surface area contributed by atoms with Crippen molar-refractivity contribution < 1.29 is 0 Å². The van der Waals surface area contributed by atoms with Gasteiger partial charge >= 0.3 is 0 Å². The Balaban J connectivity index is 1.92. The van der Waals surface area contributed by atoms with E-state index in [2.05, 4.69) is 47.4 Å². The fraction of sp³-hybridized carbons (Fsp3) is 0.389. The molecule has 2 heterocycles. The Kier molecular flexibility index (Phi) is 3.29. The van der Waals surface area contributed by atoms with E-state index in [1.54, 1.807) is 0 Å². The van der Waals surface area contributed by atoms with Crippen LogP contribution < -0.4 is 5.32 Å². The van der Waals surface area contributed by atoms with Gasteiger partial charge in [0.1, 0.15) is 11.6 Å². The summed E-state index contributed by atoms with van der Waals surface area (Å²) in [6, 6.07) is 6.47. The molecule has 0 saturated carbocycles. The average Bonchev–Trinajstić information content (AvgIpc) is 2.90. The fourth-order valence-corrected chi connectivity index (χ4v) is 3.27. The van der Waals surface area contributed by atoms with Gasteiger partial charge in [-0.15, -0.1) is 5.10 Å². The summed E-state index contributed by atoms with van der Waals surface area (Å²) in [7, 11) is 0. The van der Waals surface area contributed by atoms with Gasteiger partial charge in [-0.05, 0) is 63.6 Å². The average molecular weight is 307 g/mol. The molecule has 1 aromatic carbocycles. The molecule has 0 spiro atoms. The van der Waals surface area contributed by atoms with Crippen LogP contribution in [-0.4, -0.2) is 19.6 Å². The molecule has 1 N–H and O–H groups in total. The highest BCUT2D eigenvalue weighted by Gasteiger charge is 2.20. The molecule has 0 bridgehead atoms. The number of benzene rings is 1. The van der Waals surface area contributed by atoms with Gasteiger partial charge in [0, 0.05) is 11.3 Å². The molecule has 0 amide bonds. The van der Waals surface area contributed by atoms with Crippen LogP contribution in [-0.2, 0) is 12.8 Å². The first-order valence-electron chi connectivity index (χ1n) is 8.21. The minimum atomic E-state index is 0.691. The van der Waals surface area contributed by atoms with Crippen LogP contribution in [0.1, 0.15) is 41.1 Å². The number of aromatic nitrogens is 4. The SMILES string of the molecule is Cc1ccc(C)c(Nc2c3c(nc4nc(C)nn24)CCCC3)c1. The zero-order valence-electron chi connectivity index (χ0n) is 13.8. The van der Waals surface area contributed by atoms with Gasteiger partial charge in [-0.1, -0.05) is 12.1 Å². The third kappa shape index (κ3) is 2.46. The van der Waals surface area contributed by atoms with Crippen molar-refractivity contribution in [1.29, 1.82) is 0 Å². The van der Waals surface area contributed by atoms with Crippen molar-refractivity contribution in [2.24, 2.45) is 0 Å². The normalized spacial score (nSPS) is 14.0. The summed E-state index contributed by atoms with van der Waals surface area (Å²) in [4.78, 5) is 9.19. The van der Waals surface area contributed by atoms with Gasteiger partial charge in [0.25, 0.3) is 5.78 Å². The van der Waals surface area contributed by atoms with Gasteiger partial charge in [-0.25, -0.2) is 4.98 Å². The highest BCUT2D eigenvalue weighted by molar-refractivity contribution is 5.66. The zero-order chi connectivity index (χ0) is 16.0. The minimum Gasteiger partial charge on any atom is -0.340 e. The van der Waals surface area contributed by atoms with Crippen LogP contribution in [0.15, 0.2) is 18.2 Å². The molecule has 0 radical (unpaired) electrons. The smallest absolute Gasteiger partial charge is 0.254 e. The predicted octanol–water partition coefficient (Wildman–Crippen LogP) is 3.67. The van der Waals surface area contributed by atoms with Gasteiger partial charge in [0.2, 0.25) is 0 Å². The highest BCUT2D eigenvalue weighted by Crippen LogP contribution is 2.30. The molecule has 23 heavy (non-hydrogen) atoms. The van der Waals surface area contributed by atoms with E-state index in [9.17, 15) is 0 Å². The summed E-state index contributed by atoms with van der Waals surface area (Å²) in [6.07, 6.45) is 4.48. The number of nitrogens with one attached hydrogen (secondary N) is 1. The van der Waals surface area contributed by atoms with Crippen LogP contribution in [0.4, 0.5) is 11.5 Å². The van der Waals surface area contributed by atoms with Crippen LogP contribution in [0, 0.1) is 20.8 Å². The summed E-state index contributed by atoms with van der Waals surface area (Å²) in [5, 5.41) is 8.17. The lowest BCUT2D eigenvalue weighted by Crippen LogP contribution is -2.14. The Morgan fingerprint density at radius 2 is 1.87 bits per heavy atom. The largest absolute Gasteiger partial charge is 0.340 e. The highest BCUT2D eigenvalue weighted by atomic mass is 15.4. The van der Waals surface area contributed by atoms with Crippen LogP contribution in [0.2, 0.25) is 0 Å². The van der Waals surface area contributed by atoms with E-state index in [4.69, 9.17) is 4.98 Å². The fourth-order valence-electron chi connectivity index (χ4n) is 3.27. The minimum absolute atomic E-state index is 0.691. The van der Waals surface area contributed by atoms with Gasteiger partial charge in [-0.3, -0.25) is 0 Å². The molecule has 0 atom stereocenters. The first-order valence-corrected chi connectivity index (χ1v) is 8.21. The van der Waals surface area contributed by atoms with Crippen molar-refractivity contribution in [2.75, 3.05) is 5.32 Å². The second-order valence-electron chi connectivity index (χ2n) is 6.41. The van der Waals surface area contributed by atoms with Crippen molar-refractivity contribution >= 4 is 17.3 Å². The van der Waals surface area contributed by atoms with Crippen molar-refractivity contribution in [3.05, 3.63) is 46.4 Å². The number of anilines is 2. The zero-order valence-corrected chi connectivity index (χ0v) is 13.8. The third-order valence-corrected chi connectivity index (χ3v) is 4.51. The summed E-state index contributed by atoms with van der Waals surface area (Å²) >= 11 is 0. The maximum absolute atomic E-state index is 4.73. The Bertz CT molecular complexity index is 894. The van der Waals surface area contributed by atoms with E-state index in [0.717, 1.165) is 30.2 Å². The maximum Gasteiger partial charge on any atom is 0.254 e. The first-order chi connectivity index (χ1) is 11.1. The van der Waals surface area contributed by atoms with Gasteiger partial charge in [0.05, 0.1) is 5.69 Å². The third-order valence-electron chi connectivity index (χ3n) is 4.51. The van der Waals surface area contributed by atoms with Gasteiger partial charge in [-0.2, -0.15) is 9.50 Å². The van der Waals surface area contributed by atoms with Crippen LogP contribution >= 0.6 is 0 Å². The van der Waals surface area contributed by atoms with Gasteiger partial charge < -0.3 is 5.32 Å². The molecule has 0 saturated heterocycles. The van der Waals surface area contributed by atoms with Crippen molar-refractivity contribution in [2.45, 2.75) is 46.5 Å². The van der Waals surface area contributed by atoms with Gasteiger partial charge in [0.15, 0.2) is 0 Å². The Labute approximate surface area is 135 Å². The molecule has 4 rings (SSSR count). The molecule has 0 unspecified atom stereocenters. The molecular formula is C18H21N5. The topological polar surface area (TPSA) is 55.1 Å². The molecule has 2 aromatic heterocycles. The standard InChI is InChI=1S/C18H21N5/c1-11-8-9-12(2)16(10-11)20-17-14-6-4-5-7-15(14)21-18-19-13(3)22-23(17)18/h8-10,20H,4-7H2,1-3H3. The molecule has 1 aliphatic carbocycles. The number of aryl methyl sites for hydroxylation is 4. The lowest BCUT2D eigenvalue weighted by molar-refractivity contribution is 0.662. The Morgan fingerprint density at radius 3 is 2.74 bits per heavy atom. The lowest BCUT2D eigenvalue weighted by atomic mass is 9.96.